The summed E-state index contributed by atoms with van der Waals surface area (Å²) in [7, 11) is 0. The van der Waals surface area contributed by atoms with E-state index in [1.165, 1.54) is 5.56 Å². The van der Waals surface area contributed by atoms with E-state index in [1.54, 1.807) is 6.26 Å². The summed E-state index contributed by atoms with van der Waals surface area (Å²) in [4.78, 5) is 4.64. The molecule has 3 rings (SSSR count). The Labute approximate surface area is 116 Å². The fourth-order valence-corrected chi connectivity index (χ4v) is 2.57. The van der Waals surface area contributed by atoms with E-state index in [1.807, 2.05) is 31.2 Å². The second kappa shape index (κ2) is 4.74. The molecule has 2 heterocycles. The lowest BCUT2D eigenvalue weighted by Crippen LogP contribution is -2.05. The molecule has 1 atom stereocenters. The molecule has 0 aliphatic rings. The summed E-state index contributed by atoms with van der Waals surface area (Å²) in [6, 6.07) is 9.98. The first kappa shape index (κ1) is 12.3. The predicted molar refractivity (Wildman–Crippen MR) is 76.5 cm³/mol. The van der Waals surface area contributed by atoms with Crippen LogP contribution in [-0.4, -0.2) is 9.55 Å². The van der Waals surface area contributed by atoms with Gasteiger partial charge in [0.05, 0.1) is 29.2 Å². The van der Waals surface area contributed by atoms with Gasteiger partial charge in [0.15, 0.2) is 0 Å². The first-order chi connectivity index (χ1) is 9.16. The molecule has 19 heavy (non-hydrogen) atoms. The molecule has 0 bridgehead atoms. The van der Waals surface area contributed by atoms with Crippen LogP contribution in [0.4, 0.5) is 0 Å². The van der Waals surface area contributed by atoms with Crippen molar-refractivity contribution >= 4 is 22.6 Å². The lowest BCUT2D eigenvalue weighted by atomic mass is 10.2. The van der Waals surface area contributed by atoms with Crippen LogP contribution in [0.5, 0.6) is 0 Å². The van der Waals surface area contributed by atoms with Crippen molar-refractivity contribution in [3.63, 3.8) is 0 Å². The van der Waals surface area contributed by atoms with Gasteiger partial charge in [-0.1, -0.05) is 12.1 Å². The monoisotopic (exact) mass is 274 g/mol. The Morgan fingerprint density at radius 2 is 2.16 bits per heavy atom. The Bertz CT molecular complexity index is 698. The standard InChI is InChI=1S/C15H15ClN2O/c1-10-5-3-7-13-14(10)18(15(17-13)11(2)16)9-12-6-4-8-19-12/h3-8,11H,9H2,1-2H3. The molecule has 0 spiro atoms. The number of aromatic nitrogens is 2. The quantitative estimate of drug-likeness (QED) is 0.667. The predicted octanol–water partition coefficient (Wildman–Crippen LogP) is 4.29. The second-order valence-corrected chi connectivity index (χ2v) is 5.35. The lowest BCUT2D eigenvalue weighted by Gasteiger charge is -2.10. The van der Waals surface area contributed by atoms with Gasteiger partial charge in [-0.15, -0.1) is 11.6 Å². The maximum absolute atomic E-state index is 6.26. The smallest absolute Gasteiger partial charge is 0.128 e. The largest absolute Gasteiger partial charge is 0.467 e. The SMILES string of the molecule is Cc1cccc2nc(C(C)Cl)n(Cc3ccco3)c12. The molecule has 3 aromatic rings. The van der Waals surface area contributed by atoms with E-state index >= 15 is 0 Å². The van der Waals surface area contributed by atoms with Gasteiger partial charge in [0.1, 0.15) is 11.6 Å². The van der Waals surface area contributed by atoms with Gasteiger partial charge in [-0.2, -0.15) is 0 Å². The number of para-hydroxylation sites is 1. The van der Waals surface area contributed by atoms with E-state index in [-0.39, 0.29) is 5.38 Å². The van der Waals surface area contributed by atoms with Crippen LogP contribution in [0.1, 0.15) is 29.4 Å². The number of halogens is 1. The van der Waals surface area contributed by atoms with Crippen LogP contribution < -0.4 is 0 Å². The minimum absolute atomic E-state index is 0.137. The molecule has 0 aliphatic heterocycles. The normalized spacial score (nSPS) is 13.0. The third-order valence-corrected chi connectivity index (χ3v) is 3.44. The van der Waals surface area contributed by atoms with E-state index in [2.05, 4.69) is 22.5 Å². The fraction of sp³-hybridized carbons (Fsp3) is 0.267. The molecule has 0 saturated carbocycles. The van der Waals surface area contributed by atoms with Crippen molar-refractivity contribution in [2.75, 3.05) is 0 Å². The number of hydrogen-bond acceptors (Lipinski definition) is 2. The number of alkyl halides is 1. The maximum Gasteiger partial charge on any atom is 0.128 e. The maximum atomic E-state index is 6.26. The topological polar surface area (TPSA) is 31.0 Å². The van der Waals surface area contributed by atoms with Gasteiger partial charge >= 0.3 is 0 Å². The van der Waals surface area contributed by atoms with Gasteiger partial charge in [-0.25, -0.2) is 4.98 Å². The minimum Gasteiger partial charge on any atom is -0.467 e. The highest BCUT2D eigenvalue weighted by Gasteiger charge is 2.17. The van der Waals surface area contributed by atoms with Gasteiger partial charge in [0.25, 0.3) is 0 Å². The van der Waals surface area contributed by atoms with E-state index in [4.69, 9.17) is 16.0 Å². The average molecular weight is 275 g/mol. The van der Waals surface area contributed by atoms with E-state index in [0.717, 1.165) is 22.6 Å². The summed E-state index contributed by atoms with van der Waals surface area (Å²) in [5.41, 5.74) is 3.30. The molecule has 0 saturated heterocycles. The number of benzene rings is 1. The zero-order chi connectivity index (χ0) is 13.4. The zero-order valence-electron chi connectivity index (χ0n) is 10.9. The number of furan rings is 1. The number of aryl methyl sites for hydroxylation is 1. The highest BCUT2D eigenvalue weighted by Crippen LogP contribution is 2.27. The summed E-state index contributed by atoms with van der Waals surface area (Å²) in [5, 5.41) is -0.137. The van der Waals surface area contributed by atoms with E-state index in [0.29, 0.717) is 6.54 Å². The second-order valence-electron chi connectivity index (χ2n) is 4.69. The van der Waals surface area contributed by atoms with Crippen LogP contribution in [0.3, 0.4) is 0 Å². The lowest BCUT2D eigenvalue weighted by molar-refractivity contribution is 0.492. The molecule has 1 aromatic carbocycles. The number of fused-ring (bicyclic) bond motifs is 1. The van der Waals surface area contributed by atoms with Crippen LogP contribution >= 0.6 is 11.6 Å². The fourth-order valence-electron chi connectivity index (χ4n) is 2.41. The number of rotatable bonds is 3. The summed E-state index contributed by atoms with van der Waals surface area (Å²) in [5.74, 6) is 1.78. The number of nitrogens with zero attached hydrogens (tertiary/aromatic N) is 2. The summed E-state index contributed by atoms with van der Waals surface area (Å²) >= 11 is 6.26. The van der Waals surface area contributed by atoms with Crippen molar-refractivity contribution in [2.45, 2.75) is 25.8 Å². The molecule has 0 aliphatic carbocycles. The first-order valence-electron chi connectivity index (χ1n) is 6.29. The summed E-state index contributed by atoms with van der Waals surface area (Å²) in [6.07, 6.45) is 1.69. The van der Waals surface area contributed by atoms with Crippen LogP contribution in [0.15, 0.2) is 41.0 Å². The third-order valence-electron chi connectivity index (χ3n) is 3.25. The third kappa shape index (κ3) is 2.15. The molecule has 4 heteroatoms. The van der Waals surface area contributed by atoms with Crippen molar-refractivity contribution in [1.82, 2.24) is 9.55 Å². The van der Waals surface area contributed by atoms with E-state index in [9.17, 15) is 0 Å². The van der Waals surface area contributed by atoms with Crippen LogP contribution in [-0.2, 0) is 6.54 Å². The van der Waals surface area contributed by atoms with Gasteiger partial charge in [0, 0.05) is 0 Å². The van der Waals surface area contributed by atoms with Crippen LogP contribution in [0.25, 0.3) is 11.0 Å². The summed E-state index contributed by atoms with van der Waals surface area (Å²) < 4.78 is 7.58. The molecule has 0 fully saturated rings. The van der Waals surface area contributed by atoms with E-state index < -0.39 is 0 Å². The average Bonchev–Trinajstić information content (AvgIpc) is 2.98. The van der Waals surface area contributed by atoms with Crippen LogP contribution in [0.2, 0.25) is 0 Å². The molecule has 1 unspecified atom stereocenters. The van der Waals surface area contributed by atoms with Gasteiger partial charge in [-0.3, -0.25) is 0 Å². The van der Waals surface area contributed by atoms with Crippen molar-refractivity contribution in [1.29, 1.82) is 0 Å². The van der Waals surface area contributed by atoms with Gasteiger partial charge < -0.3 is 8.98 Å². The summed E-state index contributed by atoms with van der Waals surface area (Å²) in [6.45, 7) is 4.68. The Hall–Kier alpha value is -1.74. The Morgan fingerprint density at radius 3 is 2.84 bits per heavy atom. The molecule has 3 nitrogen and oxygen atoms in total. The molecular formula is C15H15ClN2O. The Balaban J connectivity index is 2.21. The van der Waals surface area contributed by atoms with Crippen molar-refractivity contribution in [2.24, 2.45) is 0 Å². The van der Waals surface area contributed by atoms with Crippen molar-refractivity contribution < 1.29 is 4.42 Å². The number of hydrogen-bond donors (Lipinski definition) is 0. The van der Waals surface area contributed by atoms with Gasteiger partial charge in [-0.05, 0) is 37.6 Å². The molecule has 0 amide bonds. The highest BCUT2D eigenvalue weighted by atomic mass is 35.5. The van der Waals surface area contributed by atoms with Gasteiger partial charge in [0.2, 0.25) is 0 Å². The van der Waals surface area contributed by atoms with Crippen molar-refractivity contribution in [3.8, 4) is 0 Å². The first-order valence-corrected chi connectivity index (χ1v) is 6.72. The Kier molecular flexibility index (Phi) is 3.07. The zero-order valence-corrected chi connectivity index (χ0v) is 11.7. The van der Waals surface area contributed by atoms with Crippen LogP contribution in [0, 0.1) is 6.92 Å². The molecule has 98 valence electrons. The molecule has 2 aromatic heterocycles. The molecule has 0 radical (unpaired) electrons. The number of imidazole rings is 1. The van der Waals surface area contributed by atoms with Crippen molar-refractivity contribution in [3.05, 3.63) is 53.7 Å². The Morgan fingerprint density at radius 1 is 1.32 bits per heavy atom. The molecular weight excluding hydrogens is 260 g/mol. The molecule has 0 N–H and O–H groups in total. The minimum atomic E-state index is -0.137. The highest BCUT2D eigenvalue weighted by molar-refractivity contribution is 6.20.